The molecule has 23 heavy (non-hydrogen) atoms. The quantitative estimate of drug-likeness (QED) is 0.249. The zero-order valence-electron chi connectivity index (χ0n) is 17.4. The summed E-state index contributed by atoms with van der Waals surface area (Å²) in [5.74, 6) is 1.76. The predicted octanol–water partition coefficient (Wildman–Crippen LogP) is 8.60. The summed E-state index contributed by atoms with van der Waals surface area (Å²) in [7, 11) is 0. The van der Waals surface area contributed by atoms with Gasteiger partial charge >= 0.3 is 0 Å². The summed E-state index contributed by atoms with van der Waals surface area (Å²) in [6.45, 7) is 14.2. The standard InChI is InChI=1S/C23H47/c1-7-13-15-17-23(18-16-14-8-2,19-21(9-3)10-4)20-22(11-5)12-6/h9,21-22H,7-8,10-20H2,1-6H3. The van der Waals surface area contributed by atoms with Gasteiger partial charge in [-0.25, -0.2) is 0 Å². The third-order valence-electron chi connectivity index (χ3n) is 6.19. The fourth-order valence-corrected chi connectivity index (χ4v) is 4.36. The molecule has 0 saturated carbocycles. The molecule has 0 saturated heterocycles. The van der Waals surface area contributed by atoms with Crippen molar-refractivity contribution in [2.45, 2.75) is 125 Å². The highest BCUT2D eigenvalue weighted by Gasteiger charge is 2.33. The van der Waals surface area contributed by atoms with Crippen molar-refractivity contribution in [3.05, 3.63) is 6.42 Å². The molecule has 0 nitrogen and oxygen atoms in total. The Labute approximate surface area is 149 Å². The molecule has 139 valence electrons. The fraction of sp³-hybridized carbons (Fsp3) is 0.957. The first-order valence-corrected chi connectivity index (χ1v) is 10.9. The van der Waals surface area contributed by atoms with Crippen LogP contribution < -0.4 is 0 Å². The van der Waals surface area contributed by atoms with E-state index in [1.807, 2.05) is 0 Å². The Hall–Kier alpha value is 0. The van der Waals surface area contributed by atoms with Crippen LogP contribution in [0, 0.1) is 23.7 Å². The molecule has 0 aliphatic heterocycles. The SMILES string of the molecule is C[CH]C(CC)CC(CCCCC)(CCCCC)CC(CC)CC. The summed E-state index contributed by atoms with van der Waals surface area (Å²) in [5.41, 5.74) is 0.619. The van der Waals surface area contributed by atoms with Crippen LogP contribution in [0.1, 0.15) is 125 Å². The maximum absolute atomic E-state index is 2.49. The highest BCUT2D eigenvalue weighted by molar-refractivity contribution is 4.87. The first-order chi connectivity index (χ1) is 11.1. The molecular weight excluding hydrogens is 276 g/mol. The fourth-order valence-electron chi connectivity index (χ4n) is 4.36. The molecule has 0 aromatic heterocycles. The van der Waals surface area contributed by atoms with Gasteiger partial charge in [-0.1, -0.05) is 99.3 Å². The Balaban J connectivity index is 5.12. The van der Waals surface area contributed by atoms with E-state index in [-0.39, 0.29) is 0 Å². The molecule has 0 amide bonds. The van der Waals surface area contributed by atoms with E-state index in [0.717, 1.165) is 11.8 Å². The summed E-state index contributed by atoms with van der Waals surface area (Å²) < 4.78 is 0. The Morgan fingerprint density at radius 3 is 1.57 bits per heavy atom. The Kier molecular flexibility index (Phi) is 14.4. The normalized spacial score (nSPS) is 12.5. The van der Waals surface area contributed by atoms with Crippen LogP contribution in [0.15, 0.2) is 0 Å². The van der Waals surface area contributed by atoms with Crippen molar-refractivity contribution < 1.29 is 0 Å². The van der Waals surface area contributed by atoms with E-state index >= 15 is 0 Å². The van der Waals surface area contributed by atoms with Crippen LogP contribution in [0.2, 0.25) is 0 Å². The second-order valence-electron chi connectivity index (χ2n) is 8.01. The van der Waals surface area contributed by atoms with Gasteiger partial charge < -0.3 is 0 Å². The highest BCUT2D eigenvalue weighted by atomic mass is 14.4. The third-order valence-corrected chi connectivity index (χ3v) is 6.19. The molecule has 0 N–H and O–H groups in total. The smallest absolute Gasteiger partial charge is 0.0292 e. The van der Waals surface area contributed by atoms with E-state index in [1.165, 1.54) is 83.5 Å². The molecule has 1 radical (unpaired) electrons. The first kappa shape index (κ1) is 23.0. The molecule has 0 fully saturated rings. The number of rotatable bonds is 16. The Morgan fingerprint density at radius 2 is 1.22 bits per heavy atom. The minimum Gasteiger partial charge on any atom is -0.0654 e. The summed E-state index contributed by atoms with van der Waals surface area (Å²) in [5, 5.41) is 0. The van der Waals surface area contributed by atoms with Crippen LogP contribution in [-0.2, 0) is 0 Å². The van der Waals surface area contributed by atoms with E-state index in [4.69, 9.17) is 0 Å². The molecule has 0 spiro atoms. The predicted molar refractivity (Wildman–Crippen MR) is 108 cm³/mol. The van der Waals surface area contributed by atoms with Crippen molar-refractivity contribution in [1.82, 2.24) is 0 Å². The molecule has 0 bridgehead atoms. The second-order valence-corrected chi connectivity index (χ2v) is 8.01. The summed E-state index contributed by atoms with van der Waals surface area (Å²) in [6, 6.07) is 0. The van der Waals surface area contributed by atoms with Gasteiger partial charge in [-0.3, -0.25) is 0 Å². The van der Waals surface area contributed by atoms with Crippen LogP contribution in [0.4, 0.5) is 0 Å². The highest BCUT2D eigenvalue weighted by Crippen LogP contribution is 2.45. The van der Waals surface area contributed by atoms with Crippen LogP contribution >= 0.6 is 0 Å². The summed E-state index contributed by atoms with van der Waals surface area (Å²) in [4.78, 5) is 0. The lowest BCUT2D eigenvalue weighted by molar-refractivity contribution is 0.126. The Bertz CT molecular complexity index is 208. The van der Waals surface area contributed by atoms with Gasteiger partial charge in [0.05, 0.1) is 0 Å². The van der Waals surface area contributed by atoms with Gasteiger partial charge in [0.2, 0.25) is 0 Å². The molecule has 1 unspecified atom stereocenters. The maximum atomic E-state index is 2.49. The lowest BCUT2D eigenvalue weighted by Gasteiger charge is -2.40. The van der Waals surface area contributed by atoms with E-state index in [2.05, 4.69) is 48.0 Å². The van der Waals surface area contributed by atoms with Crippen molar-refractivity contribution in [1.29, 1.82) is 0 Å². The molecule has 0 heteroatoms. The Morgan fingerprint density at radius 1 is 0.696 bits per heavy atom. The number of unbranched alkanes of at least 4 members (excludes halogenated alkanes) is 4. The van der Waals surface area contributed by atoms with Crippen LogP contribution in [0.3, 0.4) is 0 Å². The second kappa shape index (κ2) is 14.4. The first-order valence-electron chi connectivity index (χ1n) is 10.9. The molecule has 1 atom stereocenters. The monoisotopic (exact) mass is 323 g/mol. The van der Waals surface area contributed by atoms with Crippen molar-refractivity contribution in [3.8, 4) is 0 Å². The van der Waals surface area contributed by atoms with Crippen molar-refractivity contribution in [2.75, 3.05) is 0 Å². The number of hydrogen-bond donors (Lipinski definition) is 0. The van der Waals surface area contributed by atoms with Gasteiger partial charge in [-0.15, -0.1) is 0 Å². The average molecular weight is 324 g/mol. The molecule has 0 aromatic rings. The van der Waals surface area contributed by atoms with E-state index < -0.39 is 0 Å². The third kappa shape index (κ3) is 9.78. The van der Waals surface area contributed by atoms with Crippen molar-refractivity contribution >= 4 is 0 Å². The van der Waals surface area contributed by atoms with E-state index in [9.17, 15) is 0 Å². The van der Waals surface area contributed by atoms with Gasteiger partial charge in [0.25, 0.3) is 0 Å². The molecule has 0 rings (SSSR count). The molecule has 0 aromatic carbocycles. The van der Waals surface area contributed by atoms with Gasteiger partial charge in [0, 0.05) is 0 Å². The average Bonchev–Trinajstić information content (AvgIpc) is 2.58. The summed E-state index contributed by atoms with van der Waals surface area (Å²) in [6.07, 6.45) is 20.9. The van der Waals surface area contributed by atoms with Gasteiger partial charge in [0.1, 0.15) is 0 Å². The molecule has 0 aliphatic rings. The minimum absolute atomic E-state index is 0.619. The lowest BCUT2D eigenvalue weighted by Crippen LogP contribution is -2.28. The molecule has 0 heterocycles. The maximum Gasteiger partial charge on any atom is -0.0292 e. The zero-order valence-corrected chi connectivity index (χ0v) is 17.4. The van der Waals surface area contributed by atoms with Crippen LogP contribution in [0.25, 0.3) is 0 Å². The van der Waals surface area contributed by atoms with Gasteiger partial charge in [0.15, 0.2) is 0 Å². The van der Waals surface area contributed by atoms with Crippen LogP contribution in [-0.4, -0.2) is 0 Å². The van der Waals surface area contributed by atoms with E-state index in [0.29, 0.717) is 5.41 Å². The zero-order chi connectivity index (χ0) is 17.6. The van der Waals surface area contributed by atoms with Crippen molar-refractivity contribution in [2.24, 2.45) is 17.3 Å². The van der Waals surface area contributed by atoms with Crippen LogP contribution in [0.5, 0.6) is 0 Å². The topological polar surface area (TPSA) is 0 Å². The van der Waals surface area contributed by atoms with Gasteiger partial charge in [-0.05, 0) is 49.4 Å². The molecule has 0 aliphatic carbocycles. The largest absolute Gasteiger partial charge is 0.0654 e. The number of hydrogen-bond acceptors (Lipinski definition) is 0. The van der Waals surface area contributed by atoms with Gasteiger partial charge in [-0.2, -0.15) is 0 Å². The molecular formula is C23H47. The lowest BCUT2D eigenvalue weighted by atomic mass is 9.66. The minimum atomic E-state index is 0.619. The van der Waals surface area contributed by atoms with E-state index in [1.54, 1.807) is 0 Å². The summed E-state index contributed by atoms with van der Waals surface area (Å²) >= 11 is 0. The van der Waals surface area contributed by atoms with Crippen molar-refractivity contribution in [3.63, 3.8) is 0 Å².